The van der Waals surface area contributed by atoms with Gasteiger partial charge in [0.15, 0.2) is 0 Å². The van der Waals surface area contributed by atoms with Crippen LogP contribution in [0.4, 0.5) is 0 Å². The van der Waals surface area contributed by atoms with Crippen LogP contribution in [0.3, 0.4) is 0 Å². The first-order chi connectivity index (χ1) is 4.39. The molecule has 0 fully saturated rings. The van der Waals surface area contributed by atoms with Crippen LogP contribution < -0.4 is 0 Å². The monoisotopic (exact) mass is 142 g/mol. The molecule has 1 N–H and O–H groups in total. The van der Waals surface area contributed by atoms with E-state index in [1.54, 1.807) is 0 Å². The minimum atomic E-state index is 0.0978. The van der Waals surface area contributed by atoms with Crippen molar-refractivity contribution in [2.24, 2.45) is 0 Å². The summed E-state index contributed by atoms with van der Waals surface area (Å²) in [4.78, 5) is 2.06. The van der Waals surface area contributed by atoms with Crippen LogP contribution in [-0.4, -0.2) is 22.8 Å². The Morgan fingerprint density at radius 1 is 1.40 bits per heavy atom. The molecule has 2 nitrogen and oxygen atoms in total. The molecule has 0 aliphatic rings. The summed E-state index contributed by atoms with van der Waals surface area (Å²) in [5.74, 6) is 0.648. The molecule has 0 aliphatic heterocycles. The standard InChI is InChI=1S/C8H18N2/c1-6-10(7(2)9)8(3,4)5/h9H,6H2,1-5H3. The molecule has 2 heteroatoms. The molecule has 10 heavy (non-hydrogen) atoms. The lowest BCUT2D eigenvalue weighted by Crippen LogP contribution is -2.43. The Morgan fingerprint density at radius 2 is 1.80 bits per heavy atom. The second kappa shape index (κ2) is 3.04. The van der Waals surface area contributed by atoms with Crippen LogP contribution in [0.15, 0.2) is 0 Å². The topological polar surface area (TPSA) is 27.1 Å². The largest absolute Gasteiger partial charge is 0.356 e. The number of nitrogens with zero attached hydrogens (tertiary/aromatic N) is 1. The van der Waals surface area contributed by atoms with Gasteiger partial charge in [-0.05, 0) is 34.6 Å². The normalized spacial score (nSPS) is 11.3. The van der Waals surface area contributed by atoms with Gasteiger partial charge in [0.1, 0.15) is 0 Å². The van der Waals surface area contributed by atoms with Crippen molar-refractivity contribution in [1.82, 2.24) is 4.90 Å². The number of hydrogen-bond acceptors (Lipinski definition) is 1. The van der Waals surface area contributed by atoms with Crippen LogP contribution in [0.5, 0.6) is 0 Å². The fraction of sp³-hybridized carbons (Fsp3) is 0.875. The molecule has 0 aromatic rings. The zero-order valence-corrected chi connectivity index (χ0v) is 7.65. The summed E-state index contributed by atoms with van der Waals surface area (Å²) in [6.07, 6.45) is 0. The predicted molar refractivity (Wildman–Crippen MR) is 45.5 cm³/mol. The molecular formula is C8H18N2. The molecule has 0 saturated carbocycles. The van der Waals surface area contributed by atoms with Crippen LogP contribution in [0.1, 0.15) is 34.6 Å². The summed E-state index contributed by atoms with van der Waals surface area (Å²) in [7, 11) is 0. The minimum Gasteiger partial charge on any atom is -0.356 e. The van der Waals surface area contributed by atoms with Crippen molar-refractivity contribution in [2.75, 3.05) is 6.54 Å². The SMILES string of the molecule is CCN(C(C)=N)C(C)(C)C. The number of rotatable bonds is 1. The first-order valence-corrected chi connectivity index (χ1v) is 3.72. The van der Waals surface area contributed by atoms with Gasteiger partial charge < -0.3 is 4.90 Å². The maximum atomic E-state index is 7.43. The summed E-state index contributed by atoms with van der Waals surface area (Å²) in [5, 5.41) is 7.43. The van der Waals surface area contributed by atoms with E-state index in [9.17, 15) is 0 Å². The highest BCUT2D eigenvalue weighted by Crippen LogP contribution is 2.12. The molecule has 0 rings (SSSR count). The van der Waals surface area contributed by atoms with Gasteiger partial charge in [-0.1, -0.05) is 0 Å². The Bertz CT molecular complexity index is 122. The van der Waals surface area contributed by atoms with Crippen molar-refractivity contribution in [3.05, 3.63) is 0 Å². The maximum Gasteiger partial charge on any atom is 0.0930 e. The Morgan fingerprint density at radius 3 is 1.80 bits per heavy atom. The third-order valence-corrected chi connectivity index (χ3v) is 1.53. The molecular weight excluding hydrogens is 124 g/mol. The van der Waals surface area contributed by atoms with E-state index in [1.165, 1.54) is 0 Å². The van der Waals surface area contributed by atoms with E-state index >= 15 is 0 Å². The third kappa shape index (κ3) is 2.38. The smallest absolute Gasteiger partial charge is 0.0930 e. The molecule has 0 atom stereocenters. The van der Waals surface area contributed by atoms with E-state index < -0.39 is 0 Å². The van der Waals surface area contributed by atoms with Gasteiger partial charge >= 0.3 is 0 Å². The molecule has 0 amide bonds. The summed E-state index contributed by atoms with van der Waals surface area (Å²) < 4.78 is 0. The Balaban J connectivity index is 4.22. The maximum absolute atomic E-state index is 7.43. The molecule has 60 valence electrons. The van der Waals surface area contributed by atoms with Crippen molar-refractivity contribution in [1.29, 1.82) is 5.41 Å². The van der Waals surface area contributed by atoms with Crippen molar-refractivity contribution in [3.8, 4) is 0 Å². The summed E-state index contributed by atoms with van der Waals surface area (Å²) in [5.41, 5.74) is 0.0978. The molecule has 0 radical (unpaired) electrons. The number of nitrogens with one attached hydrogen (secondary N) is 1. The molecule has 0 spiro atoms. The molecule has 0 aliphatic carbocycles. The van der Waals surface area contributed by atoms with E-state index in [4.69, 9.17) is 5.41 Å². The molecule has 0 bridgehead atoms. The predicted octanol–water partition coefficient (Wildman–Crippen LogP) is 2.10. The van der Waals surface area contributed by atoms with Gasteiger partial charge in [0.05, 0.1) is 5.84 Å². The van der Waals surface area contributed by atoms with E-state index in [0.717, 1.165) is 6.54 Å². The first-order valence-electron chi connectivity index (χ1n) is 3.72. The third-order valence-electron chi connectivity index (χ3n) is 1.53. The van der Waals surface area contributed by atoms with Crippen LogP contribution in [0.25, 0.3) is 0 Å². The van der Waals surface area contributed by atoms with E-state index in [2.05, 4.69) is 32.6 Å². The van der Waals surface area contributed by atoms with Crippen LogP contribution in [0.2, 0.25) is 0 Å². The van der Waals surface area contributed by atoms with E-state index in [1.807, 2.05) is 6.92 Å². The average molecular weight is 142 g/mol. The van der Waals surface area contributed by atoms with Gasteiger partial charge in [0, 0.05) is 12.1 Å². The molecule has 0 saturated heterocycles. The van der Waals surface area contributed by atoms with Gasteiger partial charge in [-0.15, -0.1) is 0 Å². The highest BCUT2D eigenvalue weighted by atomic mass is 15.2. The molecule has 0 unspecified atom stereocenters. The molecule has 0 aromatic carbocycles. The fourth-order valence-corrected chi connectivity index (χ4v) is 1.21. The molecule has 0 aromatic heterocycles. The Labute approximate surface area is 63.7 Å². The van der Waals surface area contributed by atoms with Gasteiger partial charge in [-0.2, -0.15) is 0 Å². The Kier molecular flexibility index (Phi) is 2.88. The van der Waals surface area contributed by atoms with Crippen LogP contribution >= 0.6 is 0 Å². The quantitative estimate of drug-likeness (QED) is 0.440. The summed E-state index contributed by atoms with van der Waals surface area (Å²) >= 11 is 0. The lowest BCUT2D eigenvalue weighted by molar-refractivity contribution is 0.245. The number of amidine groups is 1. The van der Waals surface area contributed by atoms with Crippen LogP contribution in [0, 0.1) is 5.41 Å². The highest BCUT2D eigenvalue weighted by Gasteiger charge is 2.19. The summed E-state index contributed by atoms with van der Waals surface area (Å²) in [6, 6.07) is 0. The van der Waals surface area contributed by atoms with Crippen molar-refractivity contribution < 1.29 is 0 Å². The van der Waals surface area contributed by atoms with E-state index in [-0.39, 0.29) is 5.54 Å². The zero-order valence-electron chi connectivity index (χ0n) is 7.65. The average Bonchev–Trinajstić information content (AvgIpc) is 1.60. The van der Waals surface area contributed by atoms with Crippen LogP contribution in [-0.2, 0) is 0 Å². The van der Waals surface area contributed by atoms with Gasteiger partial charge in [-0.3, -0.25) is 5.41 Å². The minimum absolute atomic E-state index is 0.0978. The van der Waals surface area contributed by atoms with Crippen molar-refractivity contribution >= 4 is 5.84 Å². The van der Waals surface area contributed by atoms with E-state index in [0.29, 0.717) is 5.84 Å². The summed E-state index contributed by atoms with van der Waals surface area (Å²) in [6.45, 7) is 11.2. The van der Waals surface area contributed by atoms with Crippen molar-refractivity contribution in [3.63, 3.8) is 0 Å². The Hall–Kier alpha value is -0.530. The zero-order chi connectivity index (χ0) is 8.36. The van der Waals surface area contributed by atoms with Gasteiger partial charge in [0.25, 0.3) is 0 Å². The highest BCUT2D eigenvalue weighted by molar-refractivity contribution is 5.76. The second-order valence-corrected chi connectivity index (χ2v) is 3.50. The lowest BCUT2D eigenvalue weighted by atomic mass is 10.1. The lowest BCUT2D eigenvalue weighted by Gasteiger charge is -2.35. The van der Waals surface area contributed by atoms with Gasteiger partial charge in [0.2, 0.25) is 0 Å². The fourth-order valence-electron chi connectivity index (χ4n) is 1.21. The van der Waals surface area contributed by atoms with Crippen molar-refractivity contribution in [2.45, 2.75) is 40.2 Å². The molecule has 0 heterocycles. The number of hydrogen-bond donors (Lipinski definition) is 1. The first kappa shape index (κ1) is 9.47. The van der Waals surface area contributed by atoms with Gasteiger partial charge in [-0.25, -0.2) is 0 Å². The second-order valence-electron chi connectivity index (χ2n) is 3.50.